The summed E-state index contributed by atoms with van der Waals surface area (Å²) in [6.45, 7) is 6.00. The Balaban J connectivity index is 2.05. The Labute approximate surface area is 116 Å². The van der Waals surface area contributed by atoms with Gasteiger partial charge in [-0.3, -0.25) is 0 Å². The average molecular weight is 262 g/mol. The zero-order valence-electron chi connectivity index (χ0n) is 12.1. The monoisotopic (exact) mass is 262 g/mol. The molecule has 3 N–H and O–H groups in total. The lowest BCUT2D eigenvalue weighted by Crippen LogP contribution is -2.28. The first-order valence-corrected chi connectivity index (χ1v) is 7.35. The fraction of sp³-hybridized carbons (Fsp3) is 0.625. The van der Waals surface area contributed by atoms with Crippen molar-refractivity contribution in [1.82, 2.24) is 0 Å². The zero-order valence-corrected chi connectivity index (χ0v) is 12.1. The minimum atomic E-state index is -0.501. The number of hydrogen-bond acceptors (Lipinski definition) is 3. The van der Waals surface area contributed by atoms with E-state index in [4.69, 9.17) is 5.73 Å². The van der Waals surface area contributed by atoms with Gasteiger partial charge in [0.1, 0.15) is 0 Å². The van der Waals surface area contributed by atoms with Crippen molar-refractivity contribution in [2.24, 2.45) is 5.73 Å². The van der Waals surface area contributed by atoms with Gasteiger partial charge in [0.2, 0.25) is 0 Å². The van der Waals surface area contributed by atoms with Crippen LogP contribution in [-0.4, -0.2) is 23.8 Å². The molecule has 19 heavy (non-hydrogen) atoms. The predicted molar refractivity (Wildman–Crippen MR) is 80.3 cm³/mol. The molecule has 0 amide bonds. The molecule has 0 radical (unpaired) electrons. The van der Waals surface area contributed by atoms with Crippen molar-refractivity contribution in [1.29, 1.82) is 0 Å². The second kappa shape index (κ2) is 5.93. The van der Waals surface area contributed by atoms with E-state index in [-0.39, 0.29) is 6.04 Å². The van der Waals surface area contributed by atoms with Crippen LogP contribution in [0.3, 0.4) is 0 Å². The topological polar surface area (TPSA) is 49.5 Å². The van der Waals surface area contributed by atoms with E-state index in [0.717, 1.165) is 38.8 Å². The molecule has 1 unspecified atom stereocenters. The molecule has 0 aromatic heterocycles. The van der Waals surface area contributed by atoms with Crippen LogP contribution in [0.1, 0.15) is 51.1 Å². The van der Waals surface area contributed by atoms with Crippen molar-refractivity contribution < 1.29 is 5.11 Å². The number of anilines is 1. The van der Waals surface area contributed by atoms with Gasteiger partial charge in [-0.15, -0.1) is 0 Å². The van der Waals surface area contributed by atoms with Crippen LogP contribution in [0.4, 0.5) is 5.69 Å². The van der Waals surface area contributed by atoms with Gasteiger partial charge in [-0.1, -0.05) is 19.1 Å². The largest absolute Gasteiger partial charge is 0.390 e. The summed E-state index contributed by atoms with van der Waals surface area (Å²) in [6, 6.07) is 8.72. The first-order valence-electron chi connectivity index (χ1n) is 7.35. The number of aliphatic hydroxyl groups is 1. The van der Waals surface area contributed by atoms with E-state index in [0.29, 0.717) is 0 Å². The molecule has 1 aliphatic heterocycles. The maximum atomic E-state index is 10.1. The zero-order chi connectivity index (χ0) is 13.9. The summed E-state index contributed by atoms with van der Waals surface area (Å²) >= 11 is 0. The highest BCUT2D eigenvalue weighted by Crippen LogP contribution is 2.26. The van der Waals surface area contributed by atoms with Crippen molar-refractivity contribution in [2.75, 3.05) is 18.0 Å². The molecule has 2 atom stereocenters. The number of hydrogen-bond donors (Lipinski definition) is 2. The fourth-order valence-electron chi connectivity index (χ4n) is 2.69. The van der Waals surface area contributed by atoms with Gasteiger partial charge in [-0.25, -0.2) is 0 Å². The van der Waals surface area contributed by atoms with Gasteiger partial charge in [-0.2, -0.15) is 0 Å². The van der Waals surface area contributed by atoms with Crippen molar-refractivity contribution in [3.8, 4) is 0 Å². The highest BCUT2D eigenvalue weighted by atomic mass is 16.3. The molecule has 0 spiro atoms. The van der Waals surface area contributed by atoms with Gasteiger partial charge < -0.3 is 15.7 Å². The SMILES string of the molecule is CC[C@@H](N)c1ccc(N2CCCC(C)(O)CC2)cc1. The summed E-state index contributed by atoms with van der Waals surface area (Å²) in [6.07, 6.45) is 3.74. The standard InChI is InChI=1S/C16H26N2O/c1-3-15(17)13-5-7-14(8-6-13)18-11-4-9-16(2,19)10-12-18/h5-8,15,19H,3-4,9-12,17H2,1-2H3/t15-,16?/m1/s1. The summed E-state index contributed by atoms with van der Waals surface area (Å²) in [7, 11) is 0. The maximum Gasteiger partial charge on any atom is 0.0637 e. The summed E-state index contributed by atoms with van der Waals surface area (Å²) in [5.74, 6) is 0. The van der Waals surface area contributed by atoms with Gasteiger partial charge in [-0.05, 0) is 50.3 Å². The first kappa shape index (κ1) is 14.4. The van der Waals surface area contributed by atoms with Crippen molar-refractivity contribution >= 4 is 5.69 Å². The molecule has 1 aromatic rings. The quantitative estimate of drug-likeness (QED) is 0.880. The fourth-order valence-corrected chi connectivity index (χ4v) is 2.69. The minimum absolute atomic E-state index is 0.138. The minimum Gasteiger partial charge on any atom is -0.390 e. The third kappa shape index (κ3) is 3.71. The van der Waals surface area contributed by atoms with Crippen molar-refractivity contribution in [2.45, 2.75) is 51.2 Å². The highest BCUT2D eigenvalue weighted by Gasteiger charge is 2.24. The number of rotatable bonds is 3. The van der Waals surface area contributed by atoms with E-state index in [2.05, 4.69) is 36.1 Å². The number of nitrogens with two attached hydrogens (primary N) is 1. The molecule has 3 nitrogen and oxygen atoms in total. The molecule has 3 heteroatoms. The van der Waals surface area contributed by atoms with Gasteiger partial charge in [0.05, 0.1) is 5.60 Å². The third-order valence-electron chi connectivity index (χ3n) is 4.19. The van der Waals surface area contributed by atoms with Crippen molar-refractivity contribution in [3.05, 3.63) is 29.8 Å². The van der Waals surface area contributed by atoms with Gasteiger partial charge in [0.15, 0.2) is 0 Å². The molecule has 0 aliphatic carbocycles. The highest BCUT2D eigenvalue weighted by molar-refractivity contribution is 5.48. The Kier molecular flexibility index (Phi) is 4.48. The summed E-state index contributed by atoms with van der Waals surface area (Å²) < 4.78 is 0. The van der Waals surface area contributed by atoms with Crippen LogP contribution in [0.15, 0.2) is 24.3 Å². The molecule has 1 aromatic carbocycles. The number of benzene rings is 1. The second-order valence-corrected chi connectivity index (χ2v) is 5.94. The summed E-state index contributed by atoms with van der Waals surface area (Å²) in [5, 5.41) is 10.1. The molecule has 106 valence electrons. The van der Waals surface area contributed by atoms with Gasteiger partial charge in [0, 0.05) is 24.8 Å². The Hall–Kier alpha value is -1.06. The van der Waals surface area contributed by atoms with E-state index in [9.17, 15) is 5.11 Å². The van der Waals surface area contributed by atoms with Crippen LogP contribution in [0.5, 0.6) is 0 Å². The van der Waals surface area contributed by atoms with Crippen LogP contribution in [0.2, 0.25) is 0 Å². The summed E-state index contributed by atoms with van der Waals surface area (Å²) in [4.78, 5) is 2.36. The smallest absolute Gasteiger partial charge is 0.0637 e. The molecule has 1 heterocycles. The molecule has 2 rings (SSSR count). The molecule has 1 saturated heterocycles. The van der Waals surface area contributed by atoms with Crippen LogP contribution in [0, 0.1) is 0 Å². The average Bonchev–Trinajstić information content (AvgIpc) is 2.59. The lowest BCUT2D eigenvalue weighted by atomic mass is 9.98. The van der Waals surface area contributed by atoms with Crippen molar-refractivity contribution in [3.63, 3.8) is 0 Å². The van der Waals surface area contributed by atoms with E-state index in [1.165, 1.54) is 11.3 Å². The normalized spacial score (nSPS) is 26.0. The summed E-state index contributed by atoms with van der Waals surface area (Å²) in [5.41, 5.74) is 7.98. The second-order valence-electron chi connectivity index (χ2n) is 5.94. The maximum absolute atomic E-state index is 10.1. The van der Waals surface area contributed by atoms with Crippen LogP contribution in [-0.2, 0) is 0 Å². The molecular formula is C16H26N2O. The van der Waals surface area contributed by atoms with Crippen LogP contribution >= 0.6 is 0 Å². The molecular weight excluding hydrogens is 236 g/mol. The van der Waals surface area contributed by atoms with E-state index in [1.54, 1.807) is 0 Å². The molecule has 0 bridgehead atoms. The Bertz CT molecular complexity index is 400. The Morgan fingerprint density at radius 2 is 1.95 bits per heavy atom. The molecule has 1 aliphatic rings. The number of nitrogens with zero attached hydrogens (tertiary/aromatic N) is 1. The van der Waals surface area contributed by atoms with Gasteiger partial charge >= 0.3 is 0 Å². The lowest BCUT2D eigenvalue weighted by molar-refractivity contribution is 0.0481. The third-order valence-corrected chi connectivity index (χ3v) is 4.19. The van der Waals surface area contributed by atoms with Crippen LogP contribution < -0.4 is 10.6 Å². The predicted octanol–water partition coefficient (Wildman–Crippen LogP) is 2.84. The van der Waals surface area contributed by atoms with E-state index in [1.807, 2.05) is 6.92 Å². The molecule has 1 fully saturated rings. The lowest BCUT2D eigenvalue weighted by Gasteiger charge is -2.24. The van der Waals surface area contributed by atoms with Crippen LogP contribution in [0.25, 0.3) is 0 Å². The molecule has 0 saturated carbocycles. The first-order chi connectivity index (χ1) is 9.02. The Morgan fingerprint density at radius 3 is 2.58 bits per heavy atom. The van der Waals surface area contributed by atoms with E-state index >= 15 is 0 Å². The van der Waals surface area contributed by atoms with E-state index < -0.39 is 5.60 Å². The Morgan fingerprint density at radius 1 is 1.26 bits per heavy atom. The van der Waals surface area contributed by atoms with Gasteiger partial charge in [0.25, 0.3) is 0 Å².